The smallest absolute Gasteiger partial charge is 0.210 e. The van der Waals surface area contributed by atoms with E-state index in [0.29, 0.717) is 21.8 Å². The first-order chi connectivity index (χ1) is 12.7. The van der Waals surface area contributed by atoms with Crippen LogP contribution in [-0.2, 0) is 5.75 Å². The molecule has 4 rings (SSSR count). The van der Waals surface area contributed by atoms with Gasteiger partial charge in [0.1, 0.15) is 5.01 Å². The van der Waals surface area contributed by atoms with Gasteiger partial charge in [-0.2, -0.15) is 0 Å². The first-order valence-corrected chi connectivity index (χ1v) is 10.0. The zero-order chi connectivity index (χ0) is 17.9. The predicted molar refractivity (Wildman–Crippen MR) is 108 cm³/mol. The average Bonchev–Trinajstić information content (AvgIpc) is 3.28. The third-order valence-electron chi connectivity index (χ3n) is 3.67. The van der Waals surface area contributed by atoms with Crippen LogP contribution in [0, 0.1) is 0 Å². The molecule has 26 heavy (non-hydrogen) atoms. The molecule has 2 N–H and O–H groups in total. The first kappa shape index (κ1) is 17.1. The summed E-state index contributed by atoms with van der Waals surface area (Å²) in [6.07, 6.45) is 0. The highest BCUT2D eigenvalue weighted by Gasteiger charge is 2.13. The maximum atomic E-state index is 6.16. The Kier molecular flexibility index (Phi) is 4.92. The molecule has 5 nitrogen and oxygen atoms in total. The number of halogens is 1. The molecular formula is C18H14ClN5S2. The monoisotopic (exact) mass is 399 g/mol. The molecule has 0 saturated heterocycles. The molecule has 0 unspecified atom stereocenters. The van der Waals surface area contributed by atoms with E-state index < -0.39 is 0 Å². The van der Waals surface area contributed by atoms with Gasteiger partial charge in [0.25, 0.3) is 0 Å². The Labute approximate surface area is 163 Å². The maximum absolute atomic E-state index is 6.16. The molecule has 2 heterocycles. The highest BCUT2D eigenvalue weighted by molar-refractivity contribution is 7.98. The van der Waals surface area contributed by atoms with Gasteiger partial charge in [0.15, 0.2) is 5.82 Å². The molecule has 0 amide bonds. The number of rotatable bonds is 5. The summed E-state index contributed by atoms with van der Waals surface area (Å²) in [4.78, 5) is 4.68. The van der Waals surface area contributed by atoms with Crippen molar-refractivity contribution in [2.24, 2.45) is 0 Å². The van der Waals surface area contributed by atoms with Gasteiger partial charge in [-0.05, 0) is 12.1 Å². The molecule has 0 aliphatic heterocycles. The third-order valence-corrected chi connectivity index (χ3v) is 5.82. The van der Waals surface area contributed by atoms with Crippen LogP contribution in [0.25, 0.3) is 22.0 Å². The summed E-state index contributed by atoms with van der Waals surface area (Å²) >= 11 is 9.17. The fourth-order valence-corrected chi connectivity index (χ4v) is 4.30. The molecule has 0 aliphatic rings. The van der Waals surface area contributed by atoms with Crippen LogP contribution in [0.15, 0.2) is 65.1 Å². The summed E-state index contributed by atoms with van der Waals surface area (Å²) < 4.78 is 1.49. The molecule has 0 spiro atoms. The van der Waals surface area contributed by atoms with E-state index >= 15 is 0 Å². The highest BCUT2D eigenvalue weighted by atomic mass is 35.5. The van der Waals surface area contributed by atoms with Crippen molar-refractivity contribution in [3.05, 3.63) is 70.7 Å². The summed E-state index contributed by atoms with van der Waals surface area (Å²) in [6.45, 7) is 0. The van der Waals surface area contributed by atoms with E-state index in [0.717, 1.165) is 21.8 Å². The van der Waals surface area contributed by atoms with Crippen molar-refractivity contribution < 1.29 is 0 Å². The fraction of sp³-hybridized carbons (Fsp3) is 0.0556. The van der Waals surface area contributed by atoms with E-state index in [9.17, 15) is 0 Å². The number of nitrogens with zero attached hydrogens (tertiary/aromatic N) is 4. The SMILES string of the molecule is Nn1c(SCc2csc(-c3ccccc3)n2)nnc1-c1cccc(Cl)c1. The van der Waals surface area contributed by atoms with Crippen molar-refractivity contribution in [3.63, 3.8) is 0 Å². The Morgan fingerprint density at radius 3 is 2.65 bits per heavy atom. The Morgan fingerprint density at radius 2 is 1.85 bits per heavy atom. The highest BCUT2D eigenvalue weighted by Crippen LogP contribution is 2.28. The van der Waals surface area contributed by atoms with Crippen molar-refractivity contribution in [2.75, 3.05) is 5.84 Å². The number of hydrogen-bond donors (Lipinski definition) is 1. The van der Waals surface area contributed by atoms with Gasteiger partial charge in [-0.1, -0.05) is 65.8 Å². The molecule has 0 radical (unpaired) electrons. The zero-order valence-electron chi connectivity index (χ0n) is 13.5. The Morgan fingerprint density at radius 1 is 1.04 bits per heavy atom. The number of nitrogens with two attached hydrogens (primary N) is 1. The van der Waals surface area contributed by atoms with Gasteiger partial charge >= 0.3 is 0 Å². The molecule has 0 atom stereocenters. The topological polar surface area (TPSA) is 69.6 Å². The first-order valence-electron chi connectivity index (χ1n) is 7.80. The normalized spacial score (nSPS) is 11.0. The molecule has 0 fully saturated rings. The minimum absolute atomic E-state index is 0.582. The van der Waals surface area contributed by atoms with Gasteiger partial charge < -0.3 is 5.84 Å². The third kappa shape index (κ3) is 3.60. The molecule has 0 bridgehead atoms. The molecule has 2 aromatic carbocycles. The summed E-state index contributed by atoms with van der Waals surface area (Å²) in [6, 6.07) is 17.5. The van der Waals surface area contributed by atoms with E-state index in [1.807, 2.05) is 42.5 Å². The summed E-state index contributed by atoms with van der Waals surface area (Å²) in [5.41, 5.74) is 2.95. The van der Waals surface area contributed by atoms with Crippen molar-refractivity contribution in [1.82, 2.24) is 19.9 Å². The number of benzene rings is 2. The molecular weight excluding hydrogens is 386 g/mol. The molecule has 130 valence electrons. The molecule has 0 aliphatic carbocycles. The minimum Gasteiger partial charge on any atom is -0.335 e. The Balaban J connectivity index is 1.48. The van der Waals surface area contributed by atoms with Crippen LogP contribution in [0.1, 0.15) is 5.69 Å². The van der Waals surface area contributed by atoms with E-state index in [1.54, 1.807) is 11.3 Å². The molecule has 8 heteroatoms. The number of thioether (sulfide) groups is 1. The second-order valence-corrected chi connectivity index (χ2v) is 7.72. The lowest BCUT2D eigenvalue weighted by molar-refractivity contribution is 0.849. The van der Waals surface area contributed by atoms with Gasteiger partial charge in [-0.25, -0.2) is 9.66 Å². The second-order valence-electron chi connectivity index (χ2n) is 5.49. The number of aromatic nitrogens is 4. The van der Waals surface area contributed by atoms with Crippen LogP contribution in [0.5, 0.6) is 0 Å². The van der Waals surface area contributed by atoms with Gasteiger partial charge in [-0.3, -0.25) is 0 Å². The van der Waals surface area contributed by atoms with E-state index in [1.165, 1.54) is 16.4 Å². The van der Waals surface area contributed by atoms with Crippen molar-refractivity contribution in [2.45, 2.75) is 10.9 Å². The van der Waals surface area contributed by atoms with Crippen LogP contribution < -0.4 is 5.84 Å². The quantitative estimate of drug-likeness (QED) is 0.388. The van der Waals surface area contributed by atoms with Crippen LogP contribution in [-0.4, -0.2) is 19.9 Å². The Hall–Kier alpha value is -2.35. The van der Waals surface area contributed by atoms with E-state index in [-0.39, 0.29) is 0 Å². The molecule has 4 aromatic rings. The Bertz CT molecular complexity index is 1030. The second kappa shape index (κ2) is 7.49. The number of hydrogen-bond acceptors (Lipinski definition) is 6. The van der Waals surface area contributed by atoms with Crippen molar-refractivity contribution in [3.8, 4) is 22.0 Å². The summed E-state index contributed by atoms with van der Waals surface area (Å²) in [5.74, 6) is 7.41. The minimum atomic E-state index is 0.582. The predicted octanol–water partition coefficient (Wildman–Crippen LogP) is 4.73. The summed E-state index contributed by atoms with van der Waals surface area (Å²) in [5, 5.41) is 12.7. The van der Waals surface area contributed by atoms with E-state index in [4.69, 9.17) is 17.4 Å². The van der Waals surface area contributed by atoms with Crippen molar-refractivity contribution >= 4 is 34.7 Å². The van der Waals surface area contributed by atoms with Gasteiger partial charge in [0.2, 0.25) is 5.16 Å². The van der Waals surface area contributed by atoms with E-state index in [2.05, 4.69) is 32.7 Å². The molecule has 0 saturated carbocycles. The van der Waals surface area contributed by atoms with Crippen LogP contribution in [0.4, 0.5) is 0 Å². The van der Waals surface area contributed by atoms with Gasteiger partial charge in [0.05, 0.1) is 5.69 Å². The van der Waals surface area contributed by atoms with Crippen LogP contribution >= 0.6 is 34.7 Å². The van der Waals surface area contributed by atoms with Crippen molar-refractivity contribution in [1.29, 1.82) is 0 Å². The van der Waals surface area contributed by atoms with Gasteiger partial charge in [-0.15, -0.1) is 21.5 Å². The fourth-order valence-electron chi connectivity index (χ4n) is 2.42. The average molecular weight is 400 g/mol. The zero-order valence-corrected chi connectivity index (χ0v) is 15.9. The largest absolute Gasteiger partial charge is 0.335 e. The van der Waals surface area contributed by atoms with Gasteiger partial charge in [0, 0.05) is 27.3 Å². The lowest BCUT2D eigenvalue weighted by atomic mass is 10.2. The molecule has 2 aromatic heterocycles. The maximum Gasteiger partial charge on any atom is 0.210 e. The summed E-state index contributed by atoms with van der Waals surface area (Å²) in [7, 11) is 0. The lowest BCUT2D eigenvalue weighted by Gasteiger charge is -2.03. The standard InChI is InChI=1S/C18H14ClN5S2/c19-14-8-4-7-13(9-14)16-22-23-18(24(16)20)26-11-15-10-25-17(21-15)12-5-2-1-3-6-12/h1-10H,11,20H2. The lowest BCUT2D eigenvalue weighted by Crippen LogP contribution is -2.11. The number of thiazole rings is 1. The van der Waals surface area contributed by atoms with Crippen LogP contribution in [0.2, 0.25) is 5.02 Å². The number of nitrogen functional groups attached to an aromatic ring is 1. The van der Waals surface area contributed by atoms with Crippen LogP contribution in [0.3, 0.4) is 0 Å².